The number of ether oxygens (including phenoxy) is 2. The molecule has 4 nitrogen and oxygen atoms in total. The SMILES string of the molecule is CC(Br)C(=O)Oc1ccccc1OC(=O)c1ccc(F)cc1. The Labute approximate surface area is 135 Å². The first-order valence-corrected chi connectivity index (χ1v) is 7.31. The summed E-state index contributed by atoms with van der Waals surface area (Å²) in [5, 5.41) is 0. The number of para-hydroxylation sites is 2. The number of esters is 2. The van der Waals surface area contributed by atoms with Crippen molar-refractivity contribution in [2.75, 3.05) is 0 Å². The average molecular weight is 367 g/mol. The van der Waals surface area contributed by atoms with Crippen molar-refractivity contribution in [3.63, 3.8) is 0 Å². The molecule has 0 bridgehead atoms. The maximum absolute atomic E-state index is 12.8. The Kier molecular flexibility index (Phi) is 5.27. The lowest BCUT2D eigenvalue weighted by atomic mass is 10.2. The molecule has 2 rings (SSSR count). The second-order valence-electron chi connectivity index (χ2n) is 4.38. The minimum atomic E-state index is -0.671. The molecule has 0 aliphatic rings. The van der Waals surface area contributed by atoms with Crippen molar-refractivity contribution in [1.82, 2.24) is 0 Å². The summed E-state index contributed by atoms with van der Waals surface area (Å²) in [6.45, 7) is 1.62. The summed E-state index contributed by atoms with van der Waals surface area (Å²) in [4.78, 5) is 23.1. The van der Waals surface area contributed by atoms with E-state index in [4.69, 9.17) is 9.47 Å². The molecule has 0 aromatic heterocycles. The van der Waals surface area contributed by atoms with Gasteiger partial charge in [-0.15, -0.1) is 0 Å². The molecule has 2 aromatic carbocycles. The number of hydrogen-bond acceptors (Lipinski definition) is 4. The Bertz CT molecular complexity index is 683. The first-order valence-electron chi connectivity index (χ1n) is 6.40. The standard InChI is InChI=1S/C16H12BrFO4/c1-10(17)15(19)21-13-4-2-3-5-14(13)22-16(20)11-6-8-12(18)9-7-11/h2-10H,1H3. The second kappa shape index (κ2) is 7.17. The number of halogens is 2. The molecule has 0 heterocycles. The molecule has 1 atom stereocenters. The van der Waals surface area contributed by atoms with E-state index in [-0.39, 0.29) is 17.1 Å². The molecular formula is C16H12BrFO4. The summed E-state index contributed by atoms with van der Waals surface area (Å²) < 4.78 is 23.2. The maximum Gasteiger partial charge on any atom is 0.343 e. The van der Waals surface area contributed by atoms with E-state index in [9.17, 15) is 14.0 Å². The third-order valence-electron chi connectivity index (χ3n) is 2.67. The van der Waals surface area contributed by atoms with Crippen LogP contribution >= 0.6 is 15.9 Å². The van der Waals surface area contributed by atoms with E-state index in [2.05, 4.69) is 15.9 Å². The van der Waals surface area contributed by atoms with Crippen LogP contribution in [0.25, 0.3) is 0 Å². The van der Waals surface area contributed by atoms with E-state index < -0.39 is 22.6 Å². The van der Waals surface area contributed by atoms with E-state index in [0.29, 0.717) is 0 Å². The Hall–Kier alpha value is -2.21. The van der Waals surface area contributed by atoms with Crippen LogP contribution in [0.5, 0.6) is 11.5 Å². The van der Waals surface area contributed by atoms with Gasteiger partial charge in [0, 0.05) is 0 Å². The van der Waals surface area contributed by atoms with Crippen molar-refractivity contribution in [3.05, 3.63) is 59.9 Å². The molecule has 0 amide bonds. The van der Waals surface area contributed by atoms with Gasteiger partial charge in [-0.1, -0.05) is 28.1 Å². The van der Waals surface area contributed by atoms with Gasteiger partial charge in [0.2, 0.25) is 0 Å². The molecule has 0 fully saturated rings. The predicted molar refractivity (Wildman–Crippen MR) is 81.8 cm³/mol. The first kappa shape index (κ1) is 16.2. The number of carbonyl (C=O) groups excluding carboxylic acids is 2. The lowest BCUT2D eigenvalue weighted by Crippen LogP contribution is -2.18. The predicted octanol–water partition coefficient (Wildman–Crippen LogP) is 3.73. The molecule has 114 valence electrons. The molecule has 0 saturated carbocycles. The summed E-state index contributed by atoms with van der Waals surface area (Å²) in [5.74, 6) is -1.38. The van der Waals surface area contributed by atoms with E-state index in [1.54, 1.807) is 19.1 Å². The third kappa shape index (κ3) is 4.14. The van der Waals surface area contributed by atoms with Crippen molar-refractivity contribution in [2.45, 2.75) is 11.8 Å². The first-order chi connectivity index (χ1) is 10.5. The Morgan fingerprint density at radius 2 is 1.55 bits per heavy atom. The van der Waals surface area contributed by atoms with Gasteiger partial charge >= 0.3 is 11.9 Å². The summed E-state index contributed by atoms with van der Waals surface area (Å²) in [5.41, 5.74) is 0.191. The van der Waals surface area contributed by atoms with Crippen LogP contribution in [0.4, 0.5) is 4.39 Å². The van der Waals surface area contributed by atoms with E-state index >= 15 is 0 Å². The van der Waals surface area contributed by atoms with Crippen LogP contribution in [0.1, 0.15) is 17.3 Å². The van der Waals surface area contributed by atoms with Gasteiger partial charge in [-0.25, -0.2) is 9.18 Å². The Morgan fingerprint density at radius 1 is 1.00 bits per heavy atom. The van der Waals surface area contributed by atoms with Crippen molar-refractivity contribution in [1.29, 1.82) is 0 Å². The average Bonchev–Trinajstić information content (AvgIpc) is 2.49. The van der Waals surface area contributed by atoms with Gasteiger partial charge in [-0.3, -0.25) is 4.79 Å². The fraction of sp³-hybridized carbons (Fsp3) is 0.125. The van der Waals surface area contributed by atoms with Gasteiger partial charge < -0.3 is 9.47 Å². The number of rotatable bonds is 4. The lowest BCUT2D eigenvalue weighted by Gasteiger charge is -2.11. The fourth-order valence-corrected chi connectivity index (χ4v) is 1.65. The summed E-state index contributed by atoms with van der Waals surface area (Å²) >= 11 is 3.10. The van der Waals surface area contributed by atoms with Crippen LogP contribution in [-0.2, 0) is 4.79 Å². The summed E-state index contributed by atoms with van der Waals surface area (Å²) in [6, 6.07) is 11.3. The highest BCUT2D eigenvalue weighted by molar-refractivity contribution is 9.10. The molecule has 0 N–H and O–H groups in total. The number of carbonyl (C=O) groups is 2. The highest BCUT2D eigenvalue weighted by Crippen LogP contribution is 2.28. The fourth-order valence-electron chi connectivity index (χ4n) is 1.55. The molecule has 0 aliphatic heterocycles. The summed E-state index contributed by atoms with van der Waals surface area (Å²) in [7, 11) is 0. The van der Waals surface area contributed by atoms with Crippen molar-refractivity contribution >= 4 is 27.9 Å². The van der Waals surface area contributed by atoms with E-state index in [0.717, 1.165) is 12.1 Å². The van der Waals surface area contributed by atoms with Crippen LogP contribution in [0.2, 0.25) is 0 Å². The van der Waals surface area contributed by atoms with E-state index in [1.165, 1.54) is 24.3 Å². The van der Waals surface area contributed by atoms with Gasteiger partial charge in [-0.05, 0) is 43.3 Å². The second-order valence-corrected chi connectivity index (χ2v) is 5.75. The topological polar surface area (TPSA) is 52.6 Å². The molecule has 0 saturated heterocycles. The normalized spacial score (nSPS) is 11.6. The molecule has 0 spiro atoms. The monoisotopic (exact) mass is 366 g/mol. The molecule has 1 unspecified atom stereocenters. The zero-order chi connectivity index (χ0) is 16.1. The van der Waals surface area contributed by atoms with Crippen LogP contribution in [0, 0.1) is 5.82 Å². The van der Waals surface area contributed by atoms with Gasteiger partial charge in [-0.2, -0.15) is 0 Å². The highest BCUT2D eigenvalue weighted by atomic mass is 79.9. The minimum Gasteiger partial charge on any atom is -0.422 e. The van der Waals surface area contributed by atoms with Crippen molar-refractivity contribution in [2.24, 2.45) is 0 Å². The quantitative estimate of drug-likeness (QED) is 0.470. The number of hydrogen-bond donors (Lipinski definition) is 0. The lowest BCUT2D eigenvalue weighted by molar-refractivity contribution is -0.133. The van der Waals surface area contributed by atoms with Crippen LogP contribution in [0.3, 0.4) is 0 Å². The smallest absolute Gasteiger partial charge is 0.343 e. The molecule has 6 heteroatoms. The van der Waals surface area contributed by atoms with Gasteiger partial charge in [0.05, 0.1) is 5.56 Å². The molecule has 0 aliphatic carbocycles. The van der Waals surface area contributed by atoms with Crippen LogP contribution < -0.4 is 9.47 Å². The Morgan fingerprint density at radius 3 is 2.09 bits per heavy atom. The third-order valence-corrected chi connectivity index (χ3v) is 3.04. The molecule has 2 aromatic rings. The van der Waals surface area contributed by atoms with Gasteiger partial charge in [0.25, 0.3) is 0 Å². The minimum absolute atomic E-state index is 0.110. The number of benzene rings is 2. The molecule has 0 radical (unpaired) electrons. The van der Waals surface area contributed by atoms with Crippen LogP contribution in [0.15, 0.2) is 48.5 Å². The summed E-state index contributed by atoms with van der Waals surface area (Å²) in [6.07, 6.45) is 0. The zero-order valence-electron chi connectivity index (χ0n) is 11.6. The van der Waals surface area contributed by atoms with Crippen LogP contribution in [-0.4, -0.2) is 16.8 Å². The number of alkyl halides is 1. The molecular weight excluding hydrogens is 355 g/mol. The molecule has 22 heavy (non-hydrogen) atoms. The highest BCUT2D eigenvalue weighted by Gasteiger charge is 2.17. The van der Waals surface area contributed by atoms with Gasteiger partial charge in [0.15, 0.2) is 11.5 Å². The van der Waals surface area contributed by atoms with E-state index in [1.807, 2.05) is 0 Å². The van der Waals surface area contributed by atoms with Gasteiger partial charge in [0.1, 0.15) is 10.6 Å². The maximum atomic E-state index is 12.8. The Balaban J connectivity index is 2.17. The van der Waals surface area contributed by atoms with Crippen molar-refractivity contribution < 1.29 is 23.5 Å². The largest absolute Gasteiger partial charge is 0.422 e. The zero-order valence-corrected chi connectivity index (χ0v) is 13.2. The van der Waals surface area contributed by atoms with Crippen molar-refractivity contribution in [3.8, 4) is 11.5 Å².